The van der Waals surface area contributed by atoms with E-state index in [-0.39, 0.29) is 10.6 Å². The van der Waals surface area contributed by atoms with Crippen LogP contribution in [0.4, 0.5) is 13.2 Å². The van der Waals surface area contributed by atoms with Gasteiger partial charge in [-0.15, -0.1) is 0 Å². The molecule has 0 saturated heterocycles. The van der Waals surface area contributed by atoms with Gasteiger partial charge >= 0.3 is 6.18 Å². The van der Waals surface area contributed by atoms with Crippen LogP contribution < -0.4 is 0 Å². The van der Waals surface area contributed by atoms with Crippen LogP contribution in [0.15, 0.2) is 57.9 Å². The predicted octanol–water partition coefficient (Wildman–Crippen LogP) is 4.31. The summed E-state index contributed by atoms with van der Waals surface area (Å²) >= 11 is 1.69. The number of aliphatic hydroxyl groups excluding tert-OH is 1. The summed E-state index contributed by atoms with van der Waals surface area (Å²) in [6.45, 7) is 0. The van der Waals surface area contributed by atoms with Crippen molar-refractivity contribution in [2.45, 2.75) is 17.2 Å². The van der Waals surface area contributed by atoms with Crippen molar-refractivity contribution in [1.29, 1.82) is 0 Å². The highest BCUT2D eigenvalue weighted by atomic mass is 79.9. The quantitative estimate of drug-likeness (QED) is 0.787. The van der Waals surface area contributed by atoms with Crippen molar-refractivity contribution in [1.82, 2.24) is 0 Å². The Morgan fingerprint density at radius 3 is 2.09 bits per heavy atom. The molecule has 2 atom stereocenters. The van der Waals surface area contributed by atoms with Gasteiger partial charge in [0.1, 0.15) is 11.9 Å². The minimum atomic E-state index is -4.42. The molecule has 2 nitrogen and oxygen atoms in total. The molecule has 2 unspecified atom stereocenters. The van der Waals surface area contributed by atoms with Gasteiger partial charge in [0.25, 0.3) is 0 Å². The van der Waals surface area contributed by atoms with Gasteiger partial charge in [-0.1, -0.05) is 28.1 Å². The first-order chi connectivity index (χ1) is 10.3. The lowest BCUT2D eigenvalue weighted by Crippen LogP contribution is -2.15. The van der Waals surface area contributed by atoms with Gasteiger partial charge in [-0.3, -0.25) is 0 Å². The van der Waals surface area contributed by atoms with Crippen molar-refractivity contribution in [3.05, 3.63) is 64.1 Å². The summed E-state index contributed by atoms with van der Waals surface area (Å²) in [5.74, 6) is -0.0764. The third-order valence-corrected chi connectivity index (χ3v) is 4.95. The zero-order valence-electron chi connectivity index (χ0n) is 11.2. The van der Waals surface area contributed by atoms with E-state index in [9.17, 15) is 22.8 Å². The largest absolute Gasteiger partial charge is 0.611 e. The van der Waals surface area contributed by atoms with Crippen LogP contribution in [0.2, 0.25) is 0 Å². The second-order valence-corrected chi connectivity index (χ2v) is 7.01. The third kappa shape index (κ3) is 4.49. The van der Waals surface area contributed by atoms with E-state index in [1.165, 1.54) is 12.1 Å². The van der Waals surface area contributed by atoms with E-state index in [1.807, 2.05) is 0 Å². The Labute approximate surface area is 137 Å². The number of hydrogen-bond acceptors (Lipinski definition) is 2. The first-order valence-electron chi connectivity index (χ1n) is 6.26. The number of rotatable bonds is 4. The maximum Gasteiger partial charge on any atom is 0.416 e. The van der Waals surface area contributed by atoms with Crippen LogP contribution in [0, 0.1) is 0 Å². The van der Waals surface area contributed by atoms with Crippen molar-refractivity contribution in [2.24, 2.45) is 0 Å². The second kappa shape index (κ2) is 7.04. The lowest BCUT2D eigenvalue weighted by atomic mass is 10.1. The molecule has 0 amide bonds. The summed E-state index contributed by atoms with van der Waals surface area (Å²) in [6, 6.07) is 11.0. The van der Waals surface area contributed by atoms with Gasteiger partial charge in [-0.05, 0) is 53.1 Å². The standard InChI is InChI=1S/C15H12BrF3O2S/c16-12-5-1-10(2-6-12)14(20)9-22(21)13-7-3-11(4-8-13)15(17,18)19/h1-8,14,20H,9H2. The maximum absolute atomic E-state index is 12.5. The molecule has 2 aromatic carbocycles. The Bertz CT molecular complexity index is 614. The molecular weight excluding hydrogens is 381 g/mol. The Balaban J connectivity index is 2.05. The molecule has 0 radical (unpaired) electrons. The van der Waals surface area contributed by atoms with Gasteiger partial charge < -0.3 is 9.66 Å². The summed E-state index contributed by atoms with van der Waals surface area (Å²) < 4.78 is 50.4. The number of aliphatic hydroxyl groups is 1. The summed E-state index contributed by atoms with van der Waals surface area (Å²) in [5.41, 5.74) is -0.190. The molecule has 1 N–H and O–H groups in total. The van der Waals surface area contributed by atoms with Crippen molar-refractivity contribution in [3.63, 3.8) is 0 Å². The van der Waals surface area contributed by atoms with Crippen LogP contribution in [0.5, 0.6) is 0 Å². The number of halogens is 4. The summed E-state index contributed by atoms with van der Waals surface area (Å²) in [6.07, 6.45) is -5.37. The van der Waals surface area contributed by atoms with E-state index >= 15 is 0 Å². The molecule has 0 aliphatic rings. The zero-order chi connectivity index (χ0) is 16.3. The molecule has 0 heterocycles. The van der Waals surface area contributed by atoms with Crippen LogP contribution in [-0.4, -0.2) is 15.4 Å². The van der Waals surface area contributed by atoms with Crippen molar-refractivity contribution in [3.8, 4) is 0 Å². The van der Waals surface area contributed by atoms with E-state index in [1.54, 1.807) is 24.3 Å². The van der Waals surface area contributed by atoms with Crippen LogP contribution in [0.3, 0.4) is 0 Å². The van der Waals surface area contributed by atoms with Gasteiger partial charge in [0.15, 0.2) is 4.90 Å². The van der Waals surface area contributed by atoms with Crippen molar-refractivity contribution < 1.29 is 22.8 Å². The summed E-state index contributed by atoms with van der Waals surface area (Å²) in [4.78, 5) is 0.254. The molecule has 0 aliphatic carbocycles. The van der Waals surface area contributed by atoms with Gasteiger partial charge in [-0.2, -0.15) is 13.2 Å². The zero-order valence-corrected chi connectivity index (χ0v) is 13.6. The van der Waals surface area contributed by atoms with E-state index in [2.05, 4.69) is 15.9 Å². The minimum Gasteiger partial charge on any atom is -0.611 e. The van der Waals surface area contributed by atoms with Crippen LogP contribution in [0.25, 0.3) is 0 Å². The highest BCUT2D eigenvalue weighted by Crippen LogP contribution is 2.30. The van der Waals surface area contributed by atoms with Crippen molar-refractivity contribution in [2.75, 3.05) is 5.75 Å². The maximum atomic E-state index is 12.5. The second-order valence-electron chi connectivity index (χ2n) is 4.60. The Kier molecular flexibility index (Phi) is 5.55. The van der Waals surface area contributed by atoms with Crippen LogP contribution in [0.1, 0.15) is 17.2 Å². The molecule has 0 bridgehead atoms. The topological polar surface area (TPSA) is 43.3 Å². The molecular formula is C15H12BrF3O2S. The summed E-state index contributed by atoms with van der Waals surface area (Å²) in [5, 5.41) is 10.0. The normalized spacial score (nSPS) is 14.6. The van der Waals surface area contributed by atoms with E-state index in [0.717, 1.165) is 16.6 Å². The van der Waals surface area contributed by atoms with Gasteiger partial charge in [0.05, 0.1) is 5.56 Å². The van der Waals surface area contributed by atoms with E-state index < -0.39 is 29.0 Å². The Morgan fingerprint density at radius 2 is 1.59 bits per heavy atom. The lowest BCUT2D eigenvalue weighted by molar-refractivity contribution is -0.137. The molecule has 22 heavy (non-hydrogen) atoms. The first-order valence-corrected chi connectivity index (χ1v) is 8.38. The molecule has 0 saturated carbocycles. The Hall–Kier alpha value is -1.02. The Morgan fingerprint density at radius 1 is 1.05 bits per heavy atom. The third-order valence-electron chi connectivity index (χ3n) is 3.01. The fourth-order valence-electron chi connectivity index (χ4n) is 1.82. The fourth-order valence-corrected chi connectivity index (χ4v) is 3.19. The molecule has 0 spiro atoms. The number of benzene rings is 2. The van der Waals surface area contributed by atoms with Gasteiger partial charge in [-0.25, -0.2) is 0 Å². The van der Waals surface area contributed by atoms with Gasteiger partial charge in [0, 0.05) is 4.47 Å². The first kappa shape index (κ1) is 17.3. The van der Waals surface area contributed by atoms with Crippen LogP contribution in [-0.2, 0) is 17.4 Å². The lowest BCUT2D eigenvalue weighted by Gasteiger charge is -2.16. The number of hydrogen-bond donors (Lipinski definition) is 1. The average Bonchev–Trinajstić information content (AvgIpc) is 2.47. The molecule has 118 valence electrons. The SMILES string of the molecule is [O-][S+](CC(O)c1ccc(Br)cc1)c1ccc(C(F)(F)F)cc1. The average molecular weight is 393 g/mol. The van der Waals surface area contributed by atoms with Crippen molar-refractivity contribution >= 4 is 27.1 Å². The van der Waals surface area contributed by atoms with E-state index in [0.29, 0.717) is 5.56 Å². The monoisotopic (exact) mass is 392 g/mol. The predicted molar refractivity (Wildman–Crippen MR) is 81.8 cm³/mol. The molecule has 2 aromatic rings. The smallest absolute Gasteiger partial charge is 0.416 e. The molecule has 0 aromatic heterocycles. The molecule has 0 aliphatic heterocycles. The van der Waals surface area contributed by atoms with Gasteiger partial charge in [0.2, 0.25) is 0 Å². The fraction of sp³-hybridized carbons (Fsp3) is 0.200. The highest BCUT2D eigenvalue weighted by Gasteiger charge is 2.30. The van der Waals surface area contributed by atoms with Crippen LogP contribution >= 0.6 is 15.9 Å². The molecule has 2 rings (SSSR count). The summed E-state index contributed by atoms with van der Waals surface area (Å²) in [7, 11) is 0. The molecule has 7 heteroatoms. The number of alkyl halides is 3. The molecule has 0 fully saturated rings. The van der Waals surface area contributed by atoms with E-state index in [4.69, 9.17) is 0 Å². The minimum absolute atomic E-state index is 0.0764. The highest BCUT2D eigenvalue weighted by molar-refractivity contribution is 9.10.